The molecule has 2 bridgehead atoms. The van der Waals surface area contributed by atoms with Gasteiger partial charge in [-0.3, -0.25) is 0 Å². The largest absolute Gasteiger partial charge is 0.172 e. The first kappa shape index (κ1) is 6.71. The first-order valence-corrected chi connectivity index (χ1v) is 4.83. The van der Waals surface area contributed by atoms with Crippen LogP contribution in [-0.2, 0) is 0 Å². The van der Waals surface area contributed by atoms with Gasteiger partial charge in [-0.15, -0.1) is 0 Å². The lowest BCUT2D eigenvalue weighted by atomic mass is 9.82. The maximum absolute atomic E-state index is 4.41. The first-order chi connectivity index (χ1) is 6.90. The van der Waals surface area contributed by atoms with Gasteiger partial charge in [-0.05, 0) is 23.8 Å². The molecule has 0 aromatic carbocycles. The third-order valence-electron chi connectivity index (χ3n) is 3.37. The lowest BCUT2D eigenvalue weighted by Gasteiger charge is -2.25. The van der Waals surface area contributed by atoms with Crippen molar-refractivity contribution in [2.45, 2.75) is 5.54 Å². The van der Waals surface area contributed by atoms with E-state index < -0.39 is 0 Å². The van der Waals surface area contributed by atoms with Crippen molar-refractivity contribution in [3.8, 4) is 0 Å². The molecule has 0 amide bonds. The normalized spacial score (nSPS) is 39.4. The van der Waals surface area contributed by atoms with Crippen LogP contribution in [0.5, 0.6) is 0 Å². The van der Waals surface area contributed by atoms with Crippen LogP contribution >= 0.6 is 0 Å². The monoisotopic (exact) mass is 180 g/mol. The number of hydrogen-bond acceptors (Lipinski definition) is 2. The molecule has 0 aromatic rings. The van der Waals surface area contributed by atoms with Crippen LogP contribution in [0.1, 0.15) is 0 Å². The Kier molecular flexibility index (Phi) is 0.898. The molecule has 0 aromatic heterocycles. The molecule has 1 heterocycles. The highest BCUT2D eigenvalue weighted by Gasteiger charge is 2.51. The van der Waals surface area contributed by atoms with Gasteiger partial charge in [-0.25, -0.2) is 0 Å². The van der Waals surface area contributed by atoms with E-state index in [2.05, 4.69) is 52.8 Å². The second-order valence-corrected chi connectivity index (χ2v) is 4.02. The maximum atomic E-state index is 4.41. The molecule has 0 fully saturated rings. The Bertz CT molecular complexity index is 496. The minimum Gasteiger partial charge on any atom is -0.172 e. The van der Waals surface area contributed by atoms with Gasteiger partial charge in [-0.1, -0.05) is 24.3 Å². The van der Waals surface area contributed by atoms with Gasteiger partial charge in [0, 0.05) is 11.5 Å². The maximum Gasteiger partial charge on any atom is 0.138 e. The van der Waals surface area contributed by atoms with Gasteiger partial charge in [-0.2, -0.15) is 10.2 Å². The lowest BCUT2D eigenvalue weighted by Crippen LogP contribution is -2.28. The molecule has 2 nitrogen and oxygen atoms in total. The van der Waals surface area contributed by atoms with E-state index in [0.29, 0.717) is 5.92 Å². The molecule has 0 radical (unpaired) electrons. The quantitative estimate of drug-likeness (QED) is 0.547. The summed E-state index contributed by atoms with van der Waals surface area (Å²) >= 11 is 0. The molecule has 14 heavy (non-hydrogen) atoms. The fourth-order valence-corrected chi connectivity index (χ4v) is 2.69. The van der Waals surface area contributed by atoms with Gasteiger partial charge in [0.25, 0.3) is 0 Å². The van der Waals surface area contributed by atoms with Crippen LogP contribution in [0.3, 0.4) is 0 Å². The summed E-state index contributed by atoms with van der Waals surface area (Å²) in [5, 5.41) is 8.59. The van der Waals surface area contributed by atoms with Crippen molar-refractivity contribution in [1.82, 2.24) is 0 Å². The highest BCUT2D eigenvalue weighted by Crippen LogP contribution is 2.53. The zero-order chi connectivity index (χ0) is 9.17. The van der Waals surface area contributed by atoms with Crippen LogP contribution in [0.25, 0.3) is 0 Å². The van der Waals surface area contributed by atoms with Gasteiger partial charge >= 0.3 is 0 Å². The fourth-order valence-electron chi connectivity index (χ4n) is 2.69. The van der Waals surface area contributed by atoms with Crippen molar-refractivity contribution in [1.29, 1.82) is 0 Å². The molecule has 4 rings (SSSR count). The van der Waals surface area contributed by atoms with Crippen LogP contribution in [0.15, 0.2) is 69.6 Å². The van der Waals surface area contributed by atoms with Gasteiger partial charge in [0.05, 0.1) is 5.70 Å². The molecule has 4 aliphatic rings. The number of rotatable bonds is 0. The van der Waals surface area contributed by atoms with Crippen molar-refractivity contribution in [2.24, 2.45) is 16.1 Å². The van der Waals surface area contributed by atoms with E-state index in [1.807, 2.05) is 0 Å². The molecule has 0 saturated heterocycles. The van der Waals surface area contributed by atoms with Gasteiger partial charge in [0.2, 0.25) is 0 Å². The number of fused-ring (bicyclic) bond motifs is 1. The lowest BCUT2D eigenvalue weighted by molar-refractivity contribution is 0.542. The van der Waals surface area contributed by atoms with E-state index in [-0.39, 0.29) is 5.54 Å². The smallest absolute Gasteiger partial charge is 0.138 e. The molecule has 2 unspecified atom stereocenters. The van der Waals surface area contributed by atoms with E-state index >= 15 is 0 Å². The van der Waals surface area contributed by atoms with Crippen molar-refractivity contribution >= 4 is 0 Å². The van der Waals surface area contributed by atoms with Gasteiger partial charge < -0.3 is 0 Å². The predicted octanol–water partition coefficient (Wildman–Crippen LogP) is 2.70. The Morgan fingerprint density at radius 1 is 1.21 bits per heavy atom. The topological polar surface area (TPSA) is 24.7 Å². The van der Waals surface area contributed by atoms with Crippen LogP contribution in [0.2, 0.25) is 0 Å². The number of hydrogen-bond donors (Lipinski definition) is 0. The summed E-state index contributed by atoms with van der Waals surface area (Å²) in [6.45, 7) is 0. The average molecular weight is 180 g/mol. The summed E-state index contributed by atoms with van der Waals surface area (Å²) < 4.78 is 0. The Morgan fingerprint density at radius 3 is 3.07 bits per heavy atom. The number of azo groups is 1. The second kappa shape index (κ2) is 1.87. The molecule has 2 atom stereocenters. The Hall–Kier alpha value is -1.70. The summed E-state index contributed by atoms with van der Waals surface area (Å²) in [6.07, 6.45) is 15.1. The zero-order valence-corrected chi connectivity index (χ0v) is 7.51. The van der Waals surface area contributed by atoms with Gasteiger partial charge in [0.15, 0.2) is 0 Å². The van der Waals surface area contributed by atoms with Crippen LogP contribution in [0, 0.1) is 5.92 Å². The van der Waals surface area contributed by atoms with E-state index in [1.165, 1.54) is 11.1 Å². The third-order valence-corrected chi connectivity index (χ3v) is 3.37. The Morgan fingerprint density at radius 2 is 2.21 bits per heavy atom. The first-order valence-electron chi connectivity index (χ1n) is 4.83. The highest BCUT2D eigenvalue weighted by molar-refractivity contribution is 5.64. The zero-order valence-electron chi connectivity index (χ0n) is 7.51. The van der Waals surface area contributed by atoms with Crippen molar-refractivity contribution in [3.05, 3.63) is 59.4 Å². The average Bonchev–Trinajstić information content (AvgIpc) is 2.82. The van der Waals surface area contributed by atoms with E-state index in [1.54, 1.807) is 0 Å². The van der Waals surface area contributed by atoms with E-state index in [0.717, 1.165) is 5.70 Å². The molecule has 3 aliphatic carbocycles. The second-order valence-electron chi connectivity index (χ2n) is 4.02. The minimum atomic E-state index is -0.161. The summed E-state index contributed by atoms with van der Waals surface area (Å²) in [4.78, 5) is 0. The molecule has 1 aliphatic heterocycles. The molecular weight excluding hydrogens is 172 g/mol. The minimum absolute atomic E-state index is 0.161. The van der Waals surface area contributed by atoms with Crippen LogP contribution in [-0.4, -0.2) is 5.54 Å². The highest BCUT2D eigenvalue weighted by atomic mass is 15.2. The molecule has 2 heteroatoms. The van der Waals surface area contributed by atoms with Crippen LogP contribution in [0.4, 0.5) is 0 Å². The van der Waals surface area contributed by atoms with Crippen LogP contribution < -0.4 is 0 Å². The Balaban J connectivity index is 2.03. The molecule has 0 spiro atoms. The van der Waals surface area contributed by atoms with Crippen molar-refractivity contribution < 1.29 is 0 Å². The Labute approximate surface area is 81.7 Å². The SMILES string of the molecule is C1=CC2=CC3=C4C=CC3(N=N4)C2C=C1. The fraction of sp³-hybridized carbons (Fsp3) is 0.167. The summed E-state index contributed by atoms with van der Waals surface area (Å²) in [5.41, 5.74) is 3.54. The number of allylic oxidation sites excluding steroid dienone is 4. The predicted molar refractivity (Wildman–Crippen MR) is 53.6 cm³/mol. The third kappa shape index (κ3) is 0.522. The van der Waals surface area contributed by atoms with E-state index in [9.17, 15) is 0 Å². The molecule has 66 valence electrons. The van der Waals surface area contributed by atoms with E-state index in [4.69, 9.17) is 0 Å². The van der Waals surface area contributed by atoms with Crippen molar-refractivity contribution in [3.63, 3.8) is 0 Å². The summed E-state index contributed by atoms with van der Waals surface area (Å²) in [7, 11) is 0. The summed E-state index contributed by atoms with van der Waals surface area (Å²) in [5.74, 6) is 0.377. The standard InChI is InChI=1S/C12H8N2/c1-2-4-9-8(3-1)7-10-11-5-6-12(9,10)14-13-11/h1-7,9H. The molecule has 0 N–H and O–H groups in total. The van der Waals surface area contributed by atoms with Crippen molar-refractivity contribution in [2.75, 3.05) is 0 Å². The van der Waals surface area contributed by atoms with Gasteiger partial charge in [0.1, 0.15) is 5.54 Å². The summed E-state index contributed by atoms with van der Waals surface area (Å²) in [6, 6.07) is 0. The number of nitrogens with zero attached hydrogens (tertiary/aromatic N) is 2. The molecule has 0 saturated carbocycles. The molecular formula is C12H8N2.